The van der Waals surface area contributed by atoms with Gasteiger partial charge in [-0.05, 0) is 55.8 Å². The maximum atomic E-state index is 11.8. The minimum absolute atomic E-state index is 0.292. The molecule has 0 bridgehead atoms. The molecule has 3 aromatic rings. The van der Waals surface area contributed by atoms with Gasteiger partial charge in [-0.25, -0.2) is 8.42 Å². The Hall–Kier alpha value is -2.79. The van der Waals surface area contributed by atoms with E-state index in [0.29, 0.717) is 4.90 Å². The number of benzene rings is 2. The Morgan fingerprint density at radius 3 is 2.30 bits per heavy atom. The summed E-state index contributed by atoms with van der Waals surface area (Å²) < 4.78 is 35.5. The van der Waals surface area contributed by atoms with Crippen molar-refractivity contribution in [2.45, 2.75) is 25.2 Å². The van der Waals surface area contributed by atoms with Gasteiger partial charge in [-0.3, -0.25) is 0 Å². The Morgan fingerprint density at radius 2 is 1.67 bits per heavy atom. The summed E-state index contributed by atoms with van der Waals surface area (Å²) in [5.41, 5.74) is 4.01. The number of furan rings is 1. The fourth-order valence-electron chi connectivity index (χ4n) is 3.43. The normalized spacial score (nSPS) is 14.0. The monoisotopic (exact) mass is 380 g/mol. The van der Waals surface area contributed by atoms with Gasteiger partial charge in [0.2, 0.25) is 0 Å². The molecule has 1 aromatic heterocycles. The van der Waals surface area contributed by atoms with Gasteiger partial charge in [-0.2, -0.15) is 0 Å². The Kier molecular flexibility index (Phi) is 4.19. The van der Waals surface area contributed by atoms with Crippen LogP contribution < -0.4 is 4.74 Å². The first-order valence-electron chi connectivity index (χ1n) is 8.70. The van der Waals surface area contributed by atoms with Crippen LogP contribution in [0.1, 0.15) is 28.2 Å². The van der Waals surface area contributed by atoms with Gasteiger partial charge >= 0.3 is 0 Å². The molecule has 0 atom stereocenters. The van der Waals surface area contributed by atoms with Gasteiger partial charge in [0.1, 0.15) is 23.0 Å². The molecular weight excluding hydrogens is 360 g/mol. The molecule has 27 heavy (non-hydrogen) atoms. The molecule has 4 nitrogen and oxygen atoms in total. The molecular formula is C22H20O4S. The van der Waals surface area contributed by atoms with Crippen LogP contribution >= 0.6 is 0 Å². The molecule has 138 valence electrons. The third kappa shape index (κ3) is 3.30. The van der Waals surface area contributed by atoms with Crippen molar-refractivity contribution in [3.05, 3.63) is 82.8 Å². The Bertz CT molecular complexity index is 1150. The Labute approximate surface area is 159 Å². The van der Waals surface area contributed by atoms with Gasteiger partial charge in [-0.1, -0.05) is 18.2 Å². The third-order valence-electron chi connectivity index (χ3n) is 4.74. The summed E-state index contributed by atoms with van der Waals surface area (Å²) in [6.07, 6.45) is 1.93. The second-order valence-corrected chi connectivity index (χ2v) is 8.83. The molecule has 0 unspecified atom stereocenters. The summed E-state index contributed by atoms with van der Waals surface area (Å²) in [4.78, 5) is 0.292. The highest BCUT2D eigenvalue weighted by molar-refractivity contribution is 7.90. The van der Waals surface area contributed by atoms with Gasteiger partial charge in [0.05, 0.1) is 4.90 Å². The highest BCUT2D eigenvalue weighted by atomic mass is 32.2. The van der Waals surface area contributed by atoms with E-state index in [1.165, 1.54) is 6.26 Å². The van der Waals surface area contributed by atoms with Crippen LogP contribution in [-0.2, 0) is 16.3 Å². The average Bonchev–Trinajstić information content (AvgIpc) is 2.98. The van der Waals surface area contributed by atoms with Crippen LogP contribution in [0.5, 0.6) is 5.75 Å². The highest BCUT2D eigenvalue weighted by Gasteiger charge is 2.25. The molecule has 0 saturated heterocycles. The molecule has 0 fully saturated rings. The van der Waals surface area contributed by atoms with E-state index >= 15 is 0 Å². The lowest BCUT2D eigenvalue weighted by atomic mass is 9.92. The lowest BCUT2D eigenvalue weighted by Crippen LogP contribution is -2.09. The molecule has 4 rings (SSSR count). The number of para-hydroxylation sites is 1. The fourth-order valence-corrected chi connectivity index (χ4v) is 4.06. The van der Waals surface area contributed by atoms with Crippen molar-refractivity contribution in [2.75, 3.05) is 6.26 Å². The van der Waals surface area contributed by atoms with E-state index in [4.69, 9.17) is 9.15 Å². The zero-order valence-corrected chi connectivity index (χ0v) is 16.3. The Morgan fingerprint density at radius 1 is 0.963 bits per heavy atom. The van der Waals surface area contributed by atoms with Gasteiger partial charge in [0.25, 0.3) is 0 Å². The molecule has 2 aromatic carbocycles. The minimum Gasteiger partial charge on any atom is -0.466 e. The Balaban J connectivity index is 1.88. The van der Waals surface area contributed by atoms with Gasteiger partial charge in [-0.15, -0.1) is 0 Å². The molecule has 0 N–H and O–H groups in total. The van der Waals surface area contributed by atoms with Crippen LogP contribution in [-0.4, -0.2) is 14.7 Å². The number of aryl methyl sites for hydroxylation is 2. The van der Waals surface area contributed by atoms with Gasteiger partial charge in [0.15, 0.2) is 9.84 Å². The van der Waals surface area contributed by atoms with E-state index in [-0.39, 0.29) is 0 Å². The maximum absolute atomic E-state index is 11.8. The van der Waals surface area contributed by atoms with Gasteiger partial charge in [0, 0.05) is 29.4 Å². The number of ether oxygens (including phenoxy) is 1. The van der Waals surface area contributed by atoms with Crippen LogP contribution in [0, 0.1) is 13.8 Å². The average molecular weight is 380 g/mol. The lowest BCUT2D eigenvalue weighted by molar-refractivity contribution is 0.497. The number of fused-ring (bicyclic) bond motifs is 1. The summed E-state index contributed by atoms with van der Waals surface area (Å²) in [6, 6.07) is 16.8. The second kappa shape index (κ2) is 6.43. The largest absolute Gasteiger partial charge is 0.466 e. The summed E-state index contributed by atoms with van der Waals surface area (Å²) in [5, 5.41) is 0. The molecule has 2 heterocycles. The van der Waals surface area contributed by atoms with Crippen LogP contribution in [0.3, 0.4) is 0 Å². The van der Waals surface area contributed by atoms with E-state index in [1.807, 2.05) is 38.1 Å². The number of rotatable bonds is 3. The maximum Gasteiger partial charge on any atom is 0.175 e. The molecule has 0 amide bonds. The summed E-state index contributed by atoms with van der Waals surface area (Å²) >= 11 is 0. The van der Waals surface area contributed by atoms with Crippen LogP contribution in [0.2, 0.25) is 0 Å². The lowest BCUT2D eigenvalue weighted by Gasteiger charge is -2.24. The first-order valence-corrected chi connectivity index (χ1v) is 10.6. The van der Waals surface area contributed by atoms with E-state index in [0.717, 1.165) is 51.7 Å². The van der Waals surface area contributed by atoms with Crippen molar-refractivity contribution >= 4 is 21.2 Å². The molecule has 1 aliphatic heterocycles. The smallest absolute Gasteiger partial charge is 0.175 e. The molecule has 0 aliphatic carbocycles. The van der Waals surface area contributed by atoms with Crippen molar-refractivity contribution in [3.8, 4) is 5.75 Å². The first-order chi connectivity index (χ1) is 12.8. The zero-order chi connectivity index (χ0) is 19.2. The fraction of sp³-hybridized carbons (Fsp3) is 0.182. The van der Waals surface area contributed by atoms with Crippen molar-refractivity contribution in [1.29, 1.82) is 0 Å². The van der Waals surface area contributed by atoms with Crippen LogP contribution in [0.4, 0.5) is 0 Å². The number of hydrogen-bond donors (Lipinski definition) is 0. The predicted octanol–water partition coefficient (Wildman–Crippen LogP) is 4.80. The number of allylic oxidation sites excluding steroid dienone is 1. The standard InChI is InChI=1S/C22H20O4S/c1-14-12-19(15(2)25-14)20-13-17-6-4-5-7-21(17)26-22(20)16-8-10-18(11-9-16)27(3,23)24/h4-12H,13H2,1-3H3. The molecule has 5 heteroatoms. The van der Waals surface area contributed by atoms with Crippen LogP contribution in [0.25, 0.3) is 11.3 Å². The minimum atomic E-state index is -3.24. The summed E-state index contributed by atoms with van der Waals surface area (Å²) in [7, 11) is -3.24. The quantitative estimate of drug-likeness (QED) is 0.655. The summed E-state index contributed by atoms with van der Waals surface area (Å²) in [5.74, 6) is 3.25. The highest BCUT2D eigenvalue weighted by Crippen LogP contribution is 2.40. The van der Waals surface area contributed by atoms with E-state index in [9.17, 15) is 8.42 Å². The first kappa shape index (κ1) is 17.6. The SMILES string of the molecule is Cc1cc(C2=C(c3ccc(S(C)(=O)=O)cc3)Oc3ccccc3C2)c(C)o1. The van der Waals surface area contributed by atoms with Gasteiger partial charge < -0.3 is 9.15 Å². The molecule has 0 spiro atoms. The number of sulfone groups is 1. The topological polar surface area (TPSA) is 56.5 Å². The predicted molar refractivity (Wildman–Crippen MR) is 105 cm³/mol. The zero-order valence-electron chi connectivity index (χ0n) is 15.4. The second-order valence-electron chi connectivity index (χ2n) is 6.82. The van der Waals surface area contributed by atoms with E-state index < -0.39 is 9.84 Å². The van der Waals surface area contributed by atoms with E-state index in [1.54, 1.807) is 24.3 Å². The van der Waals surface area contributed by atoms with E-state index in [2.05, 4.69) is 6.07 Å². The van der Waals surface area contributed by atoms with Crippen molar-refractivity contribution in [2.24, 2.45) is 0 Å². The number of hydrogen-bond acceptors (Lipinski definition) is 4. The van der Waals surface area contributed by atoms with Crippen LogP contribution in [0.15, 0.2) is 63.9 Å². The van der Waals surface area contributed by atoms with Crippen molar-refractivity contribution < 1.29 is 17.6 Å². The molecule has 1 aliphatic rings. The van der Waals surface area contributed by atoms with Crippen molar-refractivity contribution in [1.82, 2.24) is 0 Å². The molecule has 0 radical (unpaired) electrons. The summed E-state index contributed by atoms with van der Waals surface area (Å²) in [6.45, 7) is 3.87. The third-order valence-corrected chi connectivity index (χ3v) is 5.87. The van der Waals surface area contributed by atoms with Crippen molar-refractivity contribution in [3.63, 3.8) is 0 Å². The molecule has 0 saturated carbocycles.